The van der Waals surface area contributed by atoms with Gasteiger partial charge in [0.15, 0.2) is 0 Å². The molecule has 1 amide bonds. The average Bonchev–Trinajstić information content (AvgIpc) is 2.53. The summed E-state index contributed by atoms with van der Waals surface area (Å²) in [4.78, 5) is 15.0. The van der Waals surface area contributed by atoms with Crippen molar-refractivity contribution in [3.05, 3.63) is 34.9 Å². The Kier molecular flexibility index (Phi) is 6.23. The van der Waals surface area contributed by atoms with Crippen molar-refractivity contribution in [2.75, 3.05) is 20.2 Å². The fourth-order valence-corrected chi connectivity index (χ4v) is 3.26. The summed E-state index contributed by atoms with van der Waals surface area (Å²) in [5.74, 6) is 1.22. The highest BCUT2D eigenvalue weighted by Gasteiger charge is 2.25. The van der Waals surface area contributed by atoms with E-state index < -0.39 is 0 Å². The number of rotatable bonds is 5. The number of amides is 1. The molecule has 3 heteroatoms. The molecule has 0 radical (unpaired) electrons. The third-order valence-electron chi connectivity index (χ3n) is 4.72. The van der Waals surface area contributed by atoms with E-state index in [9.17, 15) is 4.79 Å². The van der Waals surface area contributed by atoms with Gasteiger partial charge in [0.25, 0.3) is 5.91 Å². The summed E-state index contributed by atoms with van der Waals surface area (Å²) >= 11 is 0. The zero-order valence-corrected chi connectivity index (χ0v) is 15.3. The molecule has 1 fully saturated rings. The highest BCUT2D eigenvalue weighted by molar-refractivity contribution is 5.96. The second-order valence-corrected chi connectivity index (χ2v) is 7.40. The van der Waals surface area contributed by atoms with Crippen LogP contribution in [-0.2, 0) is 11.2 Å². The van der Waals surface area contributed by atoms with Crippen LogP contribution in [0.2, 0.25) is 0 Å². The monoisotopic (exact) mass is 317 g/mol. The molecular formula is C20H31NO2. The molecule has 0 aromatic heterocycles. The standard InChI is InChI=1S/C20H31NO2/c1-14(2)12-17-13-16(15(3)4)6-7-19(17)20(22)21-10-8-18(23-5)9-11-21/h6-7,13-15,18H,8-12H2,1-5H3. The smallest absolute Gasteiger partial charge is 0.254 e. The minimum atomic E-state index is 0.186. The van der Waals surface area contributed by atoms with Crippen molar-refractivity contribution < 1.29 is 9.53 Å². The van der Waals surface area contributed by atoms with Gasteiger partial charge in [0.2, 0.25) is 0 Å². The molecule has 0 spiro atoms. The Morgan fingerprint density at radius 1 is 1.22 bits per heavy atom. The van der Waals surface area contributed by atoms with E-state index in [1.165, 1.54) is 11.1 Å². The maximum Gasteiger partial charge on any atom is 0.254 e. The molecule has 128 valence electrons. The lowest BCUT2D eigenvalue weighted by molar-refractivity contribution is 0.0350. The van der Waals surface area contributed by atoms with Crippen LogP contribution >= 0.6 is 0 Å². The number of ether oxygens (including phenoxy) is 1. The number of carbonyl (C=O) groups is 1. The first kappa shape index (κ1) is 18.0. The number of likely N-dealkylation sites (tertiary alicyclic amines) is 1. The van der Waals surface area contributed by atoms with E-state index in [1.54, 1.807) is 7.11 Å². The summed E-state index contributed by atoms with van der Waals surface area (Å²) in [5, 5.41) is 0. The van der Waals surface area contributed by atoms with Crippen LogP contribution in [0.25, 0.3) is 0 Å². The summed E-state index contributed by atoms with van der Waals surface area (Å²) in [6.45, 7) is 10.4. The molecule has 1 aromatic rings. The van der Waals surface area contributed by atoms with Crippen LogP contribution in [0.3, 0.4) is 0 Å². The maximum absolute atomic E-state index is 13.0. The second-order valence-electron chi connectivity index (χ2n) is 7.40. The van der Waals surface area contributed by atoms with Gasteiger partial charge in [0.05, 0.1) is 6.10 Å². The van der Waals surface area contributed by atoms with Gasteiger partial charge in [-0.15, -0.1) is 0 Å². The minimum Gasteiger partial charge on any atom is -0.381 e. The van der Waals surface area contributed by atoms with Crippen molar-refractivity contribution in [2.45, 2.75) is 59.0 Å². The lowest BCUT2D eigenvalue weighted by atomic mass is 9.91. The fourth-order valence-electron chi connectivity index (χ4n) is 3.26. The highest BCUT2D eigenvalue weighted by Crippen LogP contribution is 2.24. The Morgan fingerprint density at radius 2 is 1.87 bits per heavy atom. The van der Waals surface area contributed by atoms with E-state index in [-0.39, 0.29) is 5.91 Å². The molecule has 1 heterocycles. The molecule has 1 aromatic carbocycles. The Labute approximate surface area is 141 Å². The van der Waals surface area contributed by atoms with Crippen LogP contribution < -0.4 is 0 Å². The van der Waals surface area contributed by atoms with Crippen LogP contribution in [0.5, 0.6) is 0 Å². The number of methoxy groups -OCH3 is 1. The van der Waals surface area contributed by atoms with E-state index in [1.807, 2.05) is 11.0 Å². The molecule has 0 bridgehead atoms. The number of carbonyl (C=O) groups excluding carboxylic acids is 1. The van der Waals surface area contributed by atoms with E-state index >= 15 is 0 Å². The number of piperidine rings is 1. The quantitative estimate of drug-likeness (QED) is 0.812. The molecule has 0 aliphatic carbocycles. The molecule has 3 nitrogen and oxygen atoms in total. The van der Waals surface area contributed by atoms with Crippen molar-refractivity contribution in [1.82, 2.24) is 4.90 Å². The van der Waals surface area contributed by atoms with Gasteiger partial charge < -0.3 is 9.64 Å². The molecule has 1 aliphatic heterocycles. The van der Waals surface area contributed by atoms with Crippen LogP contribution in [0.4, 0.5) is 0 Å². The Balaban J connectivity index is 2.21. The van der Waals surface area contributed by atoms with Crippen molar-refractivity contribution in [3.8, 4) is 0 Å². The number of hydrogen-bond donors (Lipinski definition) is 0. The fraction of sp³-hybridized carbons (Fsp3) is 0.650. The maximum atomic E-state index is 13.0. The topological polar surface area (TPSA) is 29.5 Å². The third-order valence-corrected chi connectivity index (χ3v) is 4.72. The van der Waals surface area contributed by atoms with Gasteiger partial charge in [-0.3, -0.25) is 4.79 Å². The lowest BCUT2D eigenvalue weighted by Crippen LogP contribution is -2.41. The first-order valence-corrected chi connectivity index (χ1v) is 8.87. The minimum absolute atomic E-state index is 0.186. The normalized spacial score (nSPS) is 16.4. The van der Waals surface area contributed by atoms with Crippen LogP contribution in [0, 0.1) is 5.92 Å². The molecule has 1 saturated heterocycles. The van der Waals surface area contributed by atoms with Gasteiger partial charge in [-0.1, -0.05) is 39.8 Å². The van der Waals surface area contributed by atoms with Crippen molar-refractivity contribution in [3.63, 3.8) is 0 Å². The van der Waals surface area contributed by atoms with Crippen molar-refractivity contribution in [1.29, 1.82) is 0 Å². The molecule has 2 rings (SSSR count). The molecular weight excluding hydrogens is 286 g/mol. The van der Waals surface area contributed by atoms with Crippen molar-refractivity contribution in [2.24, 2.45) is 5.92 Å². The Bertz CT molecular complexity index is 528. The summed E-state index contributed by atoms with van der Waals surface area (Å²) in [7, 11) is 1.76. The van der Waals surface area contributed by atoms with Crippen molar-refractivity contribution >= 4 is 5.91 Å². The van der Waals surface area contributed by atoms with E-state index in [2.05, 4.69) is 39.8 Å². The van der Waals surface area contributed by atoms with Gasteiger partial charge in [0.1, 0.15) is 0 Å². The average molecular weight is 317 g/mol. The van der Waals surface area contributed by atoms with E-state index in [4.69, 9.17) is 4.74 Å². The zero-order valence-electron chi connectivity index (χ0n) is 15.3. The Morgan fingerprint density at radius 3 is 2.39 bits per heavy atom. The summed E-state index contributed by atoms with van der Waals surface area (Å²) in [6, 6.07) is 6.39. The predicted octanol–water partition coefficient (Wildman–Crippen LogP) is 4.26. The zero-order chi connectivity index (χ0) is 17.0. The van der Waals surface area contributed by atoms with Gasteiger partial charge >= 0.3 is 0 Å². The SMILES string of the molecule is COC1CCN(C(=O)c2ccc(C(C)C)cc2CC(C)C)CC1. The van der Waals surface area contributed by atoms with Crippen LogP contribution in [-0.4, -0.2) is 37.1 Å². The first-order valence-electron chi connectivity index (χ1n) is 8.87. The largest absolute Gasteiger partial charge is 0.381 e. The van der Waals surface area contributed by atoms with E-state index in [0.29, 0.717) is 17.9 Å². The van der Waals surface area contributed by atoms with Crippen LogP contribution in [0.15, 0.2) is 18.2 Å². The molecule has 0 unspecified atom stereocenters. The van der Waals surface area contributed by atoms with Crippen LogP contribution in [0.1, 0.15) is 67.9 Å². The summed E-state index contributed by atoms with van der Waals surface area (Å²) < 4.78 is 5.41. The van der Waals surface area contributed by atoms with Gasteiger partial charge in [-0.2, -0.15) is 0 Å². The number of benzene rings is 1. The van der Waals surface area contributed by atoms with Gasteiger partial charge in [0, 0.05) is 25.8 Å². The van der Waals surface area contributed by atoms with Gasteiger partial charge in [-0.25, -0.2) is 0 Å². The number of hydrogen-bond acceptors (Lipinski definition) is 2. The van der Waals surface area contributed by atoms with E-state index in [0.717, 1.165) is 37.9 Å². The lowest BCUT2D eigenvalue weighted by Gasteiger charge is -2.32. The first-order chi connectivity index (χ1) is 10.9. The molecule has 1 aliphatic rings. The van der Waals surface area contributed by atoms with Gasteiger partial charge in [-0.05, 0) is 48.3 Å². The Hall–Kier alpha value is -1.35. The predicted molar refractivity (Wildman–Crippen MR) is 95.0 cm³/mol. The molecule has 0 atom stereocenters. The molecule has 23 heavy (non-hydrogen) atoms. The summed E-state index contributed by atoms with van der Waals surface area (Å²) in [6.07, 6.45) is 3.13. The molecule has 0 saturated carbocycles. The third kappa shape index (κ3) is 4.57. The summed E-state index contributed by atoms with van der Waals surface area (Å²) in [5.41, 5.74) is 3.40. The highest BCUT2D eigenvalue weighted by atomic mass is 16.5. The second kappa shape index (κ2) is 7.96. The molecule has 0 N–H and O–H groups in total. The number of nitrogens with zero attached hydrogens (tertiary/aromatic N) is 1.